The van der Waals surface area contributed by atoms with Crippen LogP contribution in [0.2, 0.25) is 0 Å². The molecule has 0 fully saturated rings. The van der Waals surface area contributed by atoms with Gasteiger partial charge in [0, 0.05) is 18.6 Å². The highest BCUT2D eigenvalue weighted by molar-refractivity contribution is 5.81. The van der Waals surface area contributed by atoms with Crippen LogP contribution in [0.3, 0.4) is 0 Å². The monoisotopic (exact) mass is 520 g/mol. The van der Waals surface area contributed by atoms with E-state index in [0.29, 0.717) is 17.1 Å². The zero-order valence-corrected chi connectivity index (χ0v) is 20.4. The van der Waals surface area contributed by atoms with Gasteiger partial charge < -0.3 is 23.7 Å². The van der Waals surface area contributed by atoms with Crippen molar-refractivity contribution in [2.24, 2.45) is 0 Å². The molecule has 9 heteroatoms. The van der Waals surface area contributed by atoms with Crippen LogP contribution in [0.4, 0.5) is 4.39 Å². The van der Waals surface area contributed by atoms with Crippen LogP contribution in [-0.4, -0.2) is 31.5 Å². The number of aryl methyl sites for hydroxylation is 1. The Morgan fingerprint density at radius 1 is 0.737 bits per heavy atom. The average molecular weight is 521 g/mol. The van der Waals surface area contributed by atoms with Gasteiger partial charge in [0.25, 0.3) is 0 Å². The maximum Gasteiger partial charge on any atom is 0.333 e. The highest BCUT2D eigenvalue weighted by Gasteiger charge is 2.10. The molecule has 0 atom stereocenters. The van der Waals surface area contributed by atoms with Gasteiger partial charge in [-0.2, -0.15) is 0 Å². The van der Waals surface area contributed by atoms with Crippen LogP contribution < -0.4 is 14.2 Å². The highest BCUT2D eigenvalue weighted by atomic mass is 19.1. The van der Waals surface area contributed by atoms with Crippen molar-refractivity contribution >= 4 is 17.9 Å². The van der Waals surface area contributed by atoms with E-state index in [1.165, 1.54) is 12.1 Å². The summed E-state index contributed by atoms with van der Waals surface area (Å²) in [7, 11) is 0. The molecule has 0 amide bonds. The number of carbonyl (C=O) groups is 3. The van der Waals surface area contributed by atoms with E-state index in [2.05, 4.69) is 17.9 Å². The minimum Gasteiger partial charge on any atom is -0.457 e. The first-order valence-corrected chi connectivity index (χ1v) is 11.4. The summed E-state index contributed by atoms with van der Waals surface area (Å²) in [6, 6.07) is 18.4. The summed E-state index contributed by atoms with van der Waals surface area (Å²) in [6.07, 6.45) is 2.34. The van der Waals surface area contributed by atoms with Crippen molar-refractivity contribution in [1.29, 1.82) is 0 Å². The number of rotatable bonds is 13. The van der Waals surface area contributed by atoms with Gasteiger partial charge in [0.15, 0.2) is 11.6 Å². The van der Waals surface area contributed by atoms with Gasteiger partial charge in [-0.1, -0.05) is 43.5 Å². The molecular weight excluding hydrogens is 495 g/mol. The third kappa shape index (κ3) is 8.63. The summed E-state index contributed by atoms with van der Waals surface area (Å²) in [5.74, 6) is -1.52. The third-order valence-electron chi connectivity index (χ3n) is 5.06. The fourth-order valence-electron chi connectivity index (χ4n) is 3.13. The summed E-state index contributed by atoms with van der Waals surface area (Å²) < 4.78 is 39.4. The first-order chi connectivity index (χ1) is 18.4. The van der Waals surface area contributed by atoms with Crippen molar-refractivity contribution in [3.05, 3.63) is 103 Å². The van der Waals surface area contributed by atoms with Crippen molar-refractivity contribution in [3.63, 3.8) is 0 Å². The number of esters is 3. The number of hydrogen-bond acceptors (Lipinski definition) is 8. The smallest absolute Gasteiger partial charge is 0.333 e. The van der Waals surface area contributed by atoms with E-state index in [0.717, 1.165) is 23.3 Å². The van der Waals surface area contributed by atoms with Gasteiger partial charge >= 0.3 is 17.9 Å². The molecule has 0 aliphatic heterocycles. The molecule has 0 aliphatic rings. The van der Waals surface area contributed by atoms with Crippen molar-refractivity contribution in [2.45, 2.75) is 12.8 Å². The number of carbonyl (C=O) groups excluding carboxylic acids is 3. The Bertz CT molecular complexity index is 1280. The Labute approximate surface area is 218 Å². The topological polar surface area (TPSA) is 97.4 Å². The van der Waals surface area contributed by atoms with Crippen molar-refractivity contribution in [2.75, 3.05) is 13.6 Å². The van der Waals surface area contributed by atoms with E-state index in [1.807, 2.05) is 24.3 Å². The number of ether oxygens (including phenoxy) is 5. The zero-order valence-electron chi connectivity index (χ0n) is 20.4. The quantitative estimate of drug-likeness (QED) is 0.132. The van der Waals surface area contributed by atoms with E-state index in [-0.39, 0.29) is 25.4 Å². The van der Waals surface area contributed by atoms with Gasteiger partial charge in [-0.3, -0.25) is 4.79 Å². The van der Waals surface area contributed by atoms with Gasteiger partial charge in [-0.25, -0.2) is 14.0 Å². The molecule has 3 aromatic rings. The van der Waals surface area contributed by atoms with Crippen LogP contribution in [0.25, 0.3) is 11.1 Å². The van der Waals surface area contributed by atoms with Crippen molar-refractivity contribution in [3.8, 4) is 28.4 Å². The minimum absolute atomic E-state index is 0.0436. The predicted octanol–water partition coefficient (Wildman–Crippen LogP) is 5.16. The summed E-state index contributed by atoms with van der Waals surface area (Å²) in [4.78, 5) is 34.3. The second-order valence-electron chi connectivity index (χ2n) is 7.65. The lowest BCUT2D eigenvalue weighted by Crippen LogP contribution is -2.10. The molecule has 0 heterocycles. The van der Waals surface area contributed by atoms with Crippen molar-refractivity contribution in [1.82, 2.24) is 0 Å². The standard InChI is InChI=1S/C29H25FO8/c1-3-27(31)36-18-34-23-11-7-21(8-12-23)22-9-13-24(14-10-22)38-29(33)16-6-20-5-15-26(25(30)17-20)35-19-37-28(32)4-2/h3-5,7-15,17H,1-2,6,16,18-19H2. The van der Waals surface area contributed by atoms with Crippen LogP contribution in [0.5, 0.6) is 17.2 Å². The Morgan fingerprint density at radius 2 is 1.29 bits per heavy atom. The summed E-state index contributed by atoms with van der Waals surface area (Å²) >= 11 is 0. The molecule has 0 radical (unpaired) electrons. The molecule has 0 saturated heterocycles. The molecule has 0 unspecified atom stereocenters. The summed E-state index contributed by atoms with van der Waals surface area (Å²) in [5.41, 5.74) is 2.38. The van der Waals surface area contributed by atoms with E-state index in [9.17, 15) is 18.8 Å². The lowest BCUT2D eigenvalue weighted by molar-refractivity contribution is -0.145. The lowest BCUT2D eigenvalue weighted by Gasteiger charge is -2.09. The SMILES string of the molecule is C=CC(=O)OCOc1ccc(-c2ccc(OC(=O)CCc3ccc(OCOC(=O)C=C)c(F)c3)cc2)cc1. The van der Waals surface area contributed by atoms with Gasteiger partial charge in [0.1, 0.15) is 11.5 Å². The molecule has 0 saturated carbocycles. The predicted molar refractivity (Wildman–Crippen MR) is 136 cm³/mol. The Hall–Kier alpha value is -4.92. The van der Waals surface area contributed by atoms with Gasteiger partial charge in [-0.05, 0) is 59.5 Å². The molecule has 0 N–H and O–H groups in total. The number of benzene rings is 3. The van der Waals surface area contributed by atoms with Gasteiger partial charge in [0.05, 0.1) is 0 Å². The first kappa shape index (κ1) is 27.7. The number of halogens is 1. The molecule has 38 heavy (non-hydrogen) atoms. The first-order valence-electron chi connectivity index (χ1n) is 11.4. The third-order valence-corrected chi connectivity index (χ3v) is 5.06. The van der Waals surface area contributed by atoms with E-state index in [1.54, 1.807) is 30.3 Å². The molecular formula is C29H25FO8. The van der Waals surface area contributed by atoms with E-state index < -0.39 is 30.5 Å². The average Bonchev–Trinajstić information content (AvgIpc) is 2.93. The maximum atomic E-state index is 14.2. The van der Waals surface area contributed by atoms with Crippen LogP contribution in [0, 0.1) is 5.82 Å². The van der Waals surface area contributed by atoms with E-state index >= 15 is 0 Å². The summed E-state index contributed by atoms with van der Waals surface area (Å²) in [5, 5.41) is 0. The highest BCUT2D eigenvalue weighted by Crippen LogP contribution is 2.25. The fraction of sp³-hybridized carbons (Fsp3) is 0.138. The Morgan fingerprint density at radius 3 is 1.84 bits per heavy atom. The molecule has 3 aromatic carbocycles. The molecule has 0 spiro atoms. The molecule has 196 valence electrons. The van der Waals surface area contributed by atoms with Crippen LogP contribution in [0.1, 0.15) is 12.0 Å². The molecule has 0 aromatic heterocycles. The zero-order chi connectivity index (χ0) is 27.3. The molecule has 0 aliphatic carbocycles. The lowest BCUT2D eigenvalue weighted by atomic mass is 10.1. The fourth-order valence-corrected chi connectivity index (χ4v) is 3.13. The second-order valence-corrected chi connectivity index (χ2v) is 7.65. The Kier molecular flexibility index (Phi) is 10.2. The largest absolute Gasteiger partial charge is 0.457 e. The van der Waals surface area contributed by atoms with Crippen LogP contribution in [0.15, 0.2) is 92.0 Å². The van der Waals surface area contributed by atoms with Crippen LogP contribution in [-0.2, 0) is 30.3 Å². The number of hydrogen-bond donors (Lipinski definition) is 0. The minimum atomic E-state index is -0.679. The van der Waals surface area contributed by atoms with Gasteiger partial charge in [-0.15, -0.1) is 0 Å². The van der Waals surface area contributed by atoms with E-state index in [4.69, 9.17) is 18.9 Å². The normalized spacial score (nSPS) is 10.1. The molecule has 3 rings (SSSR count). The molecule has 8 nitrogen and oxygen atoms in total. The second kappa shape index (κ2) is 14.0. The Balaban J connectivity index is 1.45. The maximum absolute atomic E-state index is 14.2. The van der Waals surface area contributed by atoms with Crippen LogP contribution >= 0.6 is 0 Å². The van der Waals surface area contributed by atoms with Gasteiger partial charge in [0.2, 0.25) is 13.6 Å². The molecule has 0 bridgehead atoms. The summed E-state index contributed by atoms with van der Waals surface area (Å²) in [6.45, 7) is 5.90. The van der Waals surface area contributed by atoms with Crippen molar-refractivity contribution < 1.29 is 42.5 Å².